The minimum atomic E-state index is -0.0711. The molecule has 6 heteroatoms. The van der Waals surface area contributed by atoms with Crippen LogP contribution in [0.2, 0.25) is 0 Å². The van der Waals surface area contributed by atoms with Crippen LogP contribution in [0.15, 0.2) is 36.7 Å². The molecular formula is C21H26N6. The number of fused-ring (bicyclic) bond motifs is 2. The van der Waals surface area contributed by atoms with E-state index in [1.54, 1.807) is 10.8 Å². The first-order chi connectivity index (χ1) is 12.6. The predicted molar refractivity (Wildman–Crippen MR) is 106 cm³/mol. The van der Waals surface area contributed by atoms with Gasteiger partial charge in [-0.05, 0) is 29.7 Å². The zero-order valence-electron chi connectivity index (χ0n) is 16.9. The third kappa shape index (κ3) is 3.09. The molecule has 0 amide bonds. The molecule has 0 radical (unpaired) electrons. The van der Waals surface area contributed by atoms with E-state index in [2.05, 4.69) is 63.9 Å². The highest BCUT2D eigenvalue weighted by molar-refractivity contribution is 5.56. The lowest BCUT2D eigenvalue weighted by molar-refractivity contribution is 0.544. The van der Waals surface area contributed by atoms with E-state index in [-0.39, 0.29) is 10.8 Å². The number of nitrogens with zero attached hydrogens (tertiary/aromatic N) is 6. The Morgan fingerprint density at radius 3 is 2.41 bits per heavy atom. The fourth-order valence-corrected chi connectivity index (χ4v) is 3.57. The number of imidazole rings is 1. The van der Waals surface area contributed by atoms with Crippen LogP contribution in [-0.2, 0) is 17.3 Å². The van der Waals surface area contributed by atoms with E-state index in [9.17, 15) is 0 Å². The zero-order chi connectivity index (χ0) is 19.4. The van der Waals surface area contributed by atoms with E-state index in [1.807, 2.05) is 22.8 Å². The second kappa shape index (κ2) is 5.87. The number of aromatic nitrogens is 6. The van der Waals surface area contributed by atoms with Crippen molar-refractivity contribution < 1.29 is 0 Å². The second-order valence-electron chi connectivity index (χ2n) is 9.14. The van der Waals surface area contributed by atoms with Gasteiger partial charge in [0.2, 0.25) is 0 Å². The molecule has 0 aliphatic heterocycles. The molecule has 0 atom stereocenters. The lowest BCUT2D eigenvalue weighted by atomic mass is 9.88. The van der Waals surface area contributed by atoms with Crippen molar-refractivity contribution in [2.45, 2.75) is 58.8 Å². The van der Waals surface area contributed by atoms with Crippen molar-refractivity contribution in [2.75, 3.05) is 0 Å². The van der Waals surface area contributed by atoms with Crippen LogP contribution >= 0.6 is 0 Å². The lowest BCUT2D eigenvalue weighted by Crippen LogP contribution is -2.18. The highest BCUT2D eigenvalue weighted by atomic mass is 15.4. The predicted octanol–water partition coefficient (Wildman–Crippen LogP) is 3.96. The van der Waals surface area contributed by atoms with Crippen molar-refractivity contribution in [2.24, 2.45) is 0 Å². The van der Waals surface area contributed by atoms with Gasteiger partial charge in [-0.25, -0.2) is 9.50 Å². The minimum absolute atomic E-state index is 0.0393. The molecule has 0 N–H and O–H groups in total. The zero-order valence-corrected chi connectivity index (χ0v) is 16.9. The molecule has 0 unspecified atom stereocenters. The number of hydrogen-bond donors (Lipinski definition) is 0. The van der Waals surface area contributed by atoms with Crippen LogP contribution < -0.4 is 0 Å². The summed E-state index contributed by atoms with van der Waals surface area (Å²) in [5.74, 6) is 0. The van der Waals surface area contributed by atoms with Crippen molar-refractivity contribution in [1.82, 2.24) is 29.4 Å². The topological polar surface area (TPSA) is 60.4 Å². The van der Waals surface area contributed by atoms with Crippen molar-refractivity contribution in [1.29, 1.82) is 0 Å². The number of hydrogen-bond acceptors (Lipinski definition) is 4. The Labute approximate surface area is 159 Å². The fraction of sp³-hybridized carbons (Fsp3) is 0.429. The van der Waals surface area contributed by atoms with Crippen LogP contribution in [0.25, 0.3) is 11.2 Å². The second-order valence-corrected chi connectivity index (χ2v) is 9.14. The van der Waals surface area contributed by atoms with Crippen molar-refractivity contribution in [3.05, 3.63) is 59.3 Å². The highest BCUT2D eigenvalue weighted by Gasteiger charge is 2.25. The van der Waals surface area contributed by atoms with E-state index in [1.165, 1.54) is 5.56 Å². The maximum absolute atomic E-state index is 4.83. The van der Waals surface area contributed by atoms with Gasteiger partial charge in [-0.15, -0.1) is 0 Å². The van der Waals surface area contributed by atoms with Gasteiger partial charge in [-0.1, -0.05) is 41.5 Å². The molecule has 27 heavy (non-hydrogen) atoms. The average molecular weight is 362 g/mol. The molecule has 0 aliphatic carbocycles. The smallest absolute Gasteiger partial charge is 0.154 e. The van der Waals surface area contributed by atoms with Gasteiger partial charge >= 0.3 is 0 Å². The van der Waals surface area contributed by atoms with Crippen LogP contribution in [0.3, 0.4) is 0 Å². The Bertz CT molecular complexity index is 1120. The maximum Gasteiger partial charge on any atom is 0.154 e. The average Bonchev–Trinajstić information content (AvgIpc) is 3.14. The van der Waals surface area contributed by atoms with Gasteiger partial charge < -0.3 is 0 Å². The molecule has 0 aliphatic rings. The summed E-state index contributed by atoms with van der Waals surface area (Å²) < 4.78 is 3.68. The van der Waals surface area contributed by atoms with Crippen LogP contribution in [0, 0.1) is 0 Å². The molecule has 0 aromatic carbocycles. The molecule has 0 spiro atoms. The first kappa shape index (κ1) is 17.6. The third-order valence-corrected chi connectivity index (χ3v) is 4.78. The summed E-state index contributed by atoms with van der Waals surface area (Å²) in [6.07, 6.45) is 4.37. The molecule has 0 fully saturated rings. The normalized spacial score (nSPS) is 13.0. The molecule has 6 nitrogen and oxygen atoms in total. The molecule has 4 heterocycles. The summed E-state index contributed by atoms with van der Waals surface area (Å²) in [6, 6.07) is 8.10. The van der Waals surface area contributed by atoms with Crippen molar-refractivity contribution in [3.63, 3.8) is 0 Å². The Morgan fingerprint density at radius 2 is 1.70 bits per heavy atom. The maximum atomic E-state index is 4.83. The first-order valence-corrected chi connectivity index (χ1v) is 9.32. The minimum Gasteiger partial charge on any atom is -0.231 e. The molecular weight excluding hydrogens is 336 g/mol. The Kier molecular flexibility index (Phi) is 3.84. The Balaban J connectivity index is 1.79. The molecule has 4 aromatic rings. The van der Waals surface area contributed by atoms with E-state index in [0.717, 1.165) is 28.2 Å². The summed E-state index contributed by atoms with van der Waals surface area (Å²) in [5.41, 5.74) is 6.17. The Hall–Kier alpha value is -2.76. The van der Waals surface area contributed by atoms with Gasteiger partial charge in [0, 0.05) is 23.6 Å². The van der Waals surface area contributed by atoms with Gasteiger partial charge in [0.25, 0.3) is 0 Å². The third-order valence-electron chi connectivity index (χ3n) is 4.78. The standard InChI is InChI=1S/C21H26N6/c1-20(2,3)15-13-23-27-17(15)10-9-14(25-27)12-16-19(21(4,5)6)26-18(24-16)8-7-11-22-26/h7-11,13H,12H2,1-6H3. The summed E-state index contributed by atoms with van der Waals surface area (Å²) >= 11 is 0. The summed E-state index contributed by atoms with van der Waals surface area (Å²) in [6.45, 7) is 13.1. The van der Waals surface area contributed by atoms with Crippen molar-refractivity contribution >= 4 is 11.2 Å². The van der Waals surface area contributed by atoms with Gasteiger partial charge in [0.1, 0.15) is 0 Å². The molecule has 4 rings (SSSR count). The molecule has 140 valence electrons. The molecule has 4 aromatic heterocycles. The monoisotopic (exact) mass is 362 g/mol. The molecule has 0 saturated carbocycles. The van der Waals surface area contributed by atoms with Gasteiger partial charge in [0.15, 0.2) is 5.65 Å². The summed E-state index contributed by atoms with van der Waals surface area (Å²) in [5, 5.41) is 13.7. The van der Waals surface area contributed by atoms with Gasteiger partial charge in [0.05, 0.1) is 28.8 Å². The summed E-state index contributed by atoms with van der Waals surface area (Å²) in [7, 11) is 0. The molecule has 0 saturated heterocycles. The Morgan fingerprint density at radius 1 is 0.926 bits per heavy atom. The van der Waals surface area contributed by atoms with Crippen LogP contribution in [0.1, 0.15) is 64.2 Å². The molecule has 0 bridgehead atoms. The fourth-order valence-electron chi connectivity index (χ4n) is 3.57. The SMILES string of the molecule is CC(C)(C)c1cnn2nc(Cc3nc4cccnn4c3C(C)(C)C)ccc12. The number of rotatable bonds is 2. The highest BCUT2D eigenvalue weighted by Crippen LogP contribution is 2.29. The van der Waals surface area contributed by atoms with E-state index >= 15 is 0 Å². The summed E-state index contributed by atoms with van der Waals surface area (Å²) in [4.78, 5) is 4.83. The van der Waals surface area contributed by atoms with Gasteiger partial charge in [-0.3, -0.25) is 0 Å². The van der Waals surface area contributed by atoms with Crippen molar-refractivity contribution in [3.8, 4) is 0 Å². The van der Waals surface area contributed by atoms with E-state index in [4.69, 9.17) is 10.1 Å². The lowest BCUT2D eigenvalue weighted by Gasteiger charge is -2.19. The van der Waals surface area contributed by atoms with Crippen LogP contribution in [0.4, 0.5) is 0 Å². The van der Waals surface area contributed by atoms with Crippen LogP contribution in [0.5, 0.6) is 0 Å². The van der Waals surface area contributed by atoms with E-state index in [0.29, 0.717) is 6.42 Å². The van der Waals surface area contributed by atoms with E-state index < -0.39 is 0 Å². The largest absolute Gasteiger partial charge is 0.231 e. The quantitative estimate of drug-likeness (QED) is 0.541. The first-order valence-electron chi connectivity index (χ1n) is 9.32. The van der Waals surface area contributed by atoms with Crippen LogP contribution in [-0.4, -0.2) is 29.4 Å². The van der Waals surface area contributed by atoms with Gasteiger partial charge in [-0.2, -0.15) is 19.9 Å².